The molecule has 0 aliphatic carbocycles. The van der Waals surface area contributed by atoms with Crippen molar-refractivity contribution >= 4 is 11.0 Å². The van der Waals surface area contributed by atoms with E-state index < -0.39 is 0 Å². The summed E-state index contributed by atoms with van der Waals surface area (Å²) >= 11 is 0. The highest BCUT2D eigenvalue weighted by atomic mass is 15.3. The van der Waals surface area contributed by atoms with E-state index >= 15 is 0 Å². The second-order valence-corrected chi connectivity index (χ2v) is 6.89. The molecule has 124 valence electrons. The van der Waals surface area contributed by atoms with Crippen molar-refractivity contribution < 1.29 is 0 Å². The molecule has 0 radical (unpaired) electrons. The Morgan fingerprint density at radius 3 is 2.91 bits per heavy atom. The Labute approximate surface area is 137 Å². The SMILES string of the molecule is Cc1nn(C)c2ncc(CN3CCC(N4CCNCC4)C3)cc12. The standard InChI is InChI=1S/C17H26N6/c1-13-16-9-14(10-19-17(16)21(2)20-13)11-22-6-3-15(12-22)23-7-4-18-5-8-23/h9-10,15,18H,3-8,11-12H2,1-2H3. The van der Waals surface area contributed by atoms with Gasteiger partial charge in [-0.1, -0.05) is 0 Å². The van der Waals surface area contributed by atoms with Crippen LogP contribution in [0.5, 0.6) is 0 Å². The minimum Gasteiger partial charge on any atom is -0.314 e. The van der Waals surface area contributed by atoms with Crippen molar-refractivity contribution in [2.75, 3.05) is 39.3 Å². The molecule has 1 N–H and O–H groups in total. The average molecular weight is 314 g/mol. The number of fused-ring (bicyclic) bond motifs is 1. The van der Waals surface area contributed by atoms with E-state index in [1.807, 2.05) is 17.9 Å². The van der Waals surface area contributed by atoms with E-state index in [2.05, 4.69) is 38.2 Å². The van der Waals surface area contributed by atoms with Crippen LogP contribution in [0, 0.1) is 6.92 Å². The van der Waals surface area contributed by atoms with Crippen molar-refractivity contribution in [1.82, 2.24) is 29.9 Å². The van der Waals surface area contributed by atoms with E-state index in [1.54, 1.807) is 0 Å². The van der Waals surface area contributed by atoms with Gasteiger partial charge in [0.1, 0.15) is 0 Å². The zero-order valence-corrected chi connectivity index (χ0v) is 14.1. The van der Waals surface area contributed by atoms with Gasteiger partial charge in [0.25, 0.3) is 0 Å². The van der Waals surface area contributed by atoms with Crippen molar-refractivity contribution in [2.24, 2.45) is 7.05 Å². The van der Waals surface area contributed by atoms with Crippen LogP contribution >= 0.6 is 0 Å². The summed E-state index contributed by atoms with van der Waals surface area (Å²) in [6.45, 7) is 10.1. The number of rotatable bonds is 3. The molecule has 0 spiro atoms. The van der Waals surface area contributed by atoms with Gasteiger partial charge in [0.15, 0.2) is 5.65 Å². The van der Waals surface area contributed by atoms with Crippen LogP contribution in [0.2, 0.25) is 0 Å². The molecule has 2 aromatic rings. The molecule has 0 amide bonds. The summed E-state index contributed by atoms with van der Waals surface area (Å²) in [5, 5.41) is 9.09. The molecule has 4 rings (SSSR count). The van der Waals surface area contributed by atoms with Crippen molar-refractivity contribution in [3.8, 4) is 0 Å². The zero-order valence-electron chi connectivity index (χ0n) is 14.1. The highest BCUT2D eigenvalue weighted by Gasteiger charge is 2.28. The number of likely N-dealkylation sites (tertiary alicyclic amines) is 1. The first kappa shape index (κ1) is 15.1. The lowest BCUT2D eigenvalue weighted by Crippen LogP contribution is -2.49. The minimum atomic E-state index is 0.730. The summed E-state index contributed by atoms with van der Waals surface area (Å²) in [4.78, 5) is 9.83. The largest absolute Gasteiger partial charge is 0.314 e. The zero-order chi connectivity index (χ0) is 15.8. The summed E-state index contributed by atoms with van der Waals surface area (Å²) in [5.41, 5.74) is 3.35. The molecule has 6 nitrogen and oxygen atoms in total. The molecule has 0 bridgehead atoms. The molecular weight excluding hydrogens is 288 g/mol. The highest BCUT2D eigenvalue weighted by Crippen LogP contribution is 2.21. The number of nitrogens with one attached hydrogen (secondary N) is 1. The maximum atomic E-state index is 4.61. The number of pyridine rings is 1. The quantitative estimate of drug-likeness (QED) is 0.906. The van der Waals surface area contributed by atoms with Gasteiger partial charge in [-0.25, -0.2) is 4.98 Å². The molecule has 2 saturated heterocycles. The fraction of sp³-hybridized carbons (Fsp3) is 0.647. The summed E-state index contributed by atoms with van der Waals surface area (Å²) in [5.74, 6) is 0. The molecule has 6 heteroatoms. The van der Waals surface area contributed by atoms with Crippen molar-refractivity contribution in [2.45, 2.75) is 25.9 Å². The lowest BCUT2D eigenvalue weighted by Gasteiger charge is -2.32. The van der Waals surface area contributed by atoms with Crippen LogP contribution in [-0.2, 0) is 13.6 Å². The van der Waals surface area contributed by atoms with Gasteiger partial charge in [-0.2, -0.15) is 5.10 Å². The molecule has 2 aromatic heterocycles. The third-order valence-electron chi connectivity index (χ3n) is 5.24. The fourth-order valence-electron chi connectivity index (χ4n) is 4.00. The highest BCUT2D eigenvalue weighted by molar-refractivity contribution is 5.78. The van der Waals surface area contributed by atoms with Crippen molar-refractivity contribution in [3.05, 3.63) is 23.5 Å². The van der Waals surface area contributed by atoms with E-state index in [4.69, 9.17) is 0 Å². The van der Waals surface area contributed by atoms with Gasteiger partial charge >= 0.3 is 0 Å². The summed E-state index contributed by atoms with van der Waals surface area (Å²) in [6.07, 6.45) is 3.31. The molecule has 23 heavy (non-hydrogen) atoms. The first-order valence-electron chi connectivity index (χ1n) is 8.66. The minimum absolute atomic E-state index is 0.730. The maximum absolute atomic E-state index is 4.61. The Kier molecular flexibility index (Phi) is 4.05. The second-order valence-electron chi connectivity index (χ2n) is 6.89. The van der Waals surface area contributed by atoms with Gasteiger partial charge in [0.05, 0.1) is 5.69 Å². The number of nitrogens with zero attached hydrogens (tertiary/aromatic N) is 5. The van der Waals surface area contributed by atoms with E-state index in [9.17, 15) is 0 Å². The molecule has 1 unspecified atom stereocenters. The molecular formula is C17H26N6. The molecule has 4 heterocycles. The number of piperazine rings is 1. The van der Waals surface area contributed by atoms with E-state index in [1.165, 1.54) is 43.5 Å². The van der Waals surface area contributed by atoms with Gasteiger partial charge in [0, 0.05) is 70.5 Å². The predicted molar refractivity (Wildman–Crippen MR) is 91.4 cm³/mol. The van der Waals surface area contributed by atoms with Crippen molar-refractivity contribution in [3.63, 3.8) is 0 Å². The van der Waals surface area contributed by atoms with Crippen molar-refractivity contribution in [1.29, 1.82) is 0 Å². The van der Waals surface area contributed by atoms with Crippen LogP contribution < -0.4 is 5.32 Å². The van der Waals surface area contributed by atoms with Gasteiger partial charge in [-0.15, -0.1) is 0 Å². The van der Waals surface area contributed by atoms with Crippen LogP contribution in [0.1, 0.15) is 17.7 Å². The van der Waals surface area contributed by atoms with Gasteiger partial charge in [0.2, 0.25) is 0 Å². The van der Waals surface area contributed by atoms with Gasteiger partial charge in [-0.3, -0.25) is 14.5 Å². The number of aryl methyl sites for hydroxylation is 2. The smallest absolute Gasteiger partial charge is 0.157 e. The molecule has 2 aliphatic heterocycles. The molecule has 0 aromatic carbocycles. The number of aromatic nitrogens is 3. The third kappa shape index (κ3) is 2.98. The van der Waals surface area contributed by atoms with Crippen LogP contribution in [-0.4, -0.2) is 69.9 Å². The van der Waals surface area contributed by atoms with E-state index in [-0.39, 0.29) is 0 Å². The van der Waals surface area contributed by atoms with Crippen LogP contribution in [0.3, 0.4) is 0 Å². The average Bonchev–Trinajstić information content (AvgIpc) is 3.14. The third-order valence-corrected chi connectivity index (χ3v) is 5.24. The Morgan fingerprint density at radius 1 is 1.26 bits per heavy atom. The van der Waals surface area contributed by atoms with Crippen LogP contribution in [0.4, 0.5) is 0 Å². The Hall–Kier alpha value is -1.50. The lowest BCUT2D eigenvalue weighted by molar-refractivity contribution is 0.170. The predicted octanol–water partition coefficient (Wildman–Crippen LogP) is 0.756. The van der Waals surface area contributed by atoms with Crippen LogP contribution in [0.25, 0.3) is 11.0 Å². The Balaban J connectivity index is 1.43. The van der Waals surface area contributed by atoms with Gasteiger partial charge in [-0.05, 0) is 25.0 Å². The topological polar surface area (TPSA) is 49.2 Å². The summed E-state index contributed by atoms with van der Waals surface area (Å²) in [7, 11) is 1.96. The monoisotopic (exact) mass is 314 g/mol. The molecule has 2 fully saturated rings. The van der Waals surface area contributed by atoms with Crippen LogP contribution in [0.15, 0.2) is 12.3 Å². The number of hydrogen-bond donors (Lipinski definition) is 1. The van der Waals surface area contributed by atoms with E-state index in [0.29, 0.717) is 0 Å². The summed E-state index contributed by atoms with van der Waals surface area (Å²) in [6, 6.07) is 3.00. The lowest BCUT2D eigenvalue weighted by atomic mass is 10.2. The molecule has 2 aliphatic rings. The first-order valence-corrected chi connectivity index (χ1v) is 8.66. The van der Waals surface area contributed by atoms with E-state index in [0.717, 1.165) is 37.0 Å². The normalized spacial score (nSPS) is 23.8. The molecule has 1 atom stereocenters. The number of hydrogen-bond acceptors (Lipinski definition) is 5. The Morgan fingerprint density at radius 2 is 2.09 bits per heavy atom. The second kappa shape index (κ2) is 6.19. The van der Waals surface area contributed by atoms with Gasteiger partial charge < -0.3 is 5.32 Å². The Bertz CT molecular complexity index is 688. The maximum Gasteiger partial charge on any atom is 0.157 e. The first-order chi connectivity index (χ1) is 11.2. The fourth-order valence-corrected chi connectivity index (χ4v) is 4.00. The summed E-state index contributed by atoms with van der Waals surface area (Å²) < 4.78 is 1.87. The molecule has 0 saturated carbocycles.